The zero-order chi connectivity index (χ0) is 14.8. The summed E-state index contributed by atoms with van der Waals surface area (Å²) in [5, 5.41) is 18.6. The van der Waals surface area contributed by atoms with Gasteiger partial charge in [0.2, 0.25) is 0 Å². The van der Waals surface area contributed by atoms with Gasteiger partial charge in [0.1, 0.15) is 5.75 Å². The molecule has 1 aromatic carbocycles. The predicted molar refractivity (Wildman–Crippen MR) is 71.9 cm³/mol. The van der Waals surface area contributed by atoms with Gasteiger partial charge in [-0.2, -0.15) is 0 Å². The molecule has 20 heavy (non-hydrogen) atoms. The van der Waals surface area contributed by atoms with Crippen LogP contribution in [0.25, 0.3) is 0 Å². The van der Waals surface area contributed by atoms with Crippen molar-refractivity contribution in [3.63, 3.8) is 0 Å². The van der Waals surface area contributed by atoms with Gasteiger partial charge in [-0.3, -0.25) is 9.59 Å². The lowest BCUT2D eigenvalue weighted by Gasteiger charge is -2.32. The second kappa shape index (κ2) is 5.53. The van der Waals surface area contributed by atoms with Gasteiger partial charge in [0.05, 0.1) is 19.4 Å². The van der Waals surface area contributed by atoms with Gasteiger partial charge in [0.15, 0.2) is 0 Å². The molecule has 0 radical (unpaired) electrons. The number of carbonyl (C=O) groups is 2. The van der Waals surface area contributed by atoms with E-state index < -0.39 is 23.3 Å². The molecular weight excluding hydrogens is 260 g/mol. The molecule has 5 heteroatoms. The minimum absolute atomic E-state index is 0.170. The molecule has 0 heterocycles. The predicted octanol–water partition coefficient (Wildman–Crippen LogP) is 2.29. The van der Waals surface area contributed by atoms with E-state index in [2.05, 4.69) is 0 Å². The molecule has 0 aliphatic heterocycles. The fourth-order valence-corrected chi connectivity index (χ4v) is 3.29. The third kappa shape index (κ3) is 2.48. The summed E-state index contributed by atoms with van der Waals surface area (Å²) in [6.45, 7) is 0. The first-order valence-corrected chi connectivity index (χ1v) is 6.59. The monoisotopic (exact) mass is 278 g/mol. The molecule has 1 fully saturated rings. The van der Waals surface area contributed by atoms with Gasteiger partial charge in [0, 0.05) is 5.41 Å². The number of hydrogen-bond donors (Lipinski definition) is 2. The Kier molecular flexibility index (Phi) is 3.97. The maximum absolute atomic E-state index is 11.5. The molecule has 0 amide bonds. The van der Waals surface area contributed by atoms with Crippen LogP contribution >= 0.6 is 0 Å². The molecule has 0 bridgehead atoms. The van der Waals surface area contributed by atoms with Gasteiger partial charge >= 0.3 is 11.9 Å². The van der Waals surface area contributed by atoms with E-state index in [1.54, 1.807) is 24.3 Å². The highest BCUT2D eigenvalue weighted by Crippen LogP contribution is 2.49. The first-order chi connectivity index (χ1) is 9.49. The average Bonchev–Trinajstić information content (AvgIpc) is 2.83. The lowest BCUT2D eigenvalue weighted by molar-refractivity contribution is -0.145. The molecule has 1 saturated carbocycles. The van der Waals surface area contributed by atoms with E-state index in [1.165, 1.54) is 7.11 Å². The highest BCUT2D eigenvalue weighted by atomic mass is 16.5. The molecular formula is C15H18O5. The molecule has 2 rings (SSSR count). The second-order valence-corrected chi connectivity index (χ2v) is 5.24. The van der Waals surface area contributed by atoms with Crippen LogP contribution in [0.15, 0.2) is 24.3 Å². The fourth-order valence-electron chi connectivity index (χ4n) is 3.29. The van der Waals surface area contributed by atoms with E-state index in [-0.39, 0.29) is 6.42 Å². The second-order valence-electron chi connectivity index (χ2n) is 5.24. The van der Waals surface area contributed by atoms with Crippen LogP contribution in [-0.2, 0) is 15.0 Å². The highest BCUT2D eigenvalue weighted by Gasteiger charge is 2.49. The molecule has 0 spiro atoms. The highest BCUT2D eigenvalue weighted by molar-refractivity contribution is 5.77. The van der Waals surface area contributed by atoms with Crippen molar-refractivity contribution in [2.75, 3.05) is 7.11 Å². The summed E-state index contributed by atoms with van der Waals surface area (Å²) in [7, 11) is 1.53. The Bertz CT molecular complexity index is 525. The van der Waals surface area contributed by atoms with Gasteiger partial charge in [-0.05, 0) is 30.5 Å². The van der Waals surface area contributed by atoms with Crippen molar-refractivity contribution >= 4 is 11.9 Å². The lowest BCUT2D eigenvalue weighted by atomic mass is 9.70. The van der Waals surface area contributed by atoms with E-state index in [4.69, 9.17) is 4.74 Å². The Balaban J connectivity index is 2.50. The van der Waals surface area contributed by atoms with Crippen LogP contribution in [-0.4, -0.2) is 29.3 Å². The summed E-state index contributed by atoms with van der Waals surface area (Å²) in [6.07, 6.45) is 1.64. The summed E-state index contributed by atoms with van der Waals surface area (Å²) in [6, 6.07) is 7.09. The van der Waals surface area contributed by atoms with E-state index in [0.717, 1.165) is 12.0 Å². The van der Waals surface area contributed by atoms with Gasteiger partial charge < -0.3 is 14.9 Å². The van der Waals surface area contributed by atoms with Gasteiger partial charge in [-0.1, -0.05) is 18.6 Å². The summed E-state index contributed by atoms with van der Waals surface area (Å²) in [4.78, 5) is 22.7. The van der Waals surface area contributed by atoms with Crippen LogP contribution in [0.5, 0.6) is 5.75 Å². The van der Waals surface area contributed by atoms with Crippen LogP contribution in [0.3, 0.4) is 0 Å². The first-order valence-electron chi connectivity index (χ1n) is 6.59. The third-order valence-electron chi connectivity index (χ3n) is 4.19. The summed E-state index contributed by atoms with van der Waals surface area (Å²) in [5.41, 5.74) is -0.101. The van der Waals surface area contributed by atoms with Crippen molar-refractivity contribution in [3.8, 4) is 5.75 Å². The smallest absolute Gasteiger partial charge is 0.307 e. The van der Waals surface area contributed by atoms with Crippen molar-refractivity contribution < 1.29 is 24.5 Å². The number of benzene rings is 1. The zero-order valence-electron chi connectivity index (χ0n) is 11.3. The number of ether oxygens (including phenoxy) is 1. The van der Waals surface area contributed by atoms with Crippen LogP contribution in [0, 0.1) is 5.92 Å². The Labute approximate surface area is 117 Å². The number of hydrogen-bond acceptors (Lipinski definition) is 3. The van der Waals surface area contributed by atoms with Crippen LogP contribution in [0.4, 0.5) is 0 Å². The van der Waals surface area contributed by atoms with E-state index in [1.807, 2.05) is 0 Å². The molecule has 0 aromatic heterocycles. The summed E-state index contributed by atoms with van der Waals surface area (Å²) < 4.78 is 5.17. The molecule has 1 aliphatic rings. The Hall–Kier alpha value is -2.04. The van der Waals surface area contributed by atoms with Crippen LogP contribution in [0.2, 0.25) is 0 Å². The zero-order valence-corrected chi connectivity index (χ0v) is 11.3. The van der Waals surface area contributed by atoms with Crippen molar-refractivity contribution in [2.24, 2.45) is 5.92 Å². The summed E-state index contributed by atoms with van der Waals surface area (Å²) in [5.74, 6) is -1.94. The largest absolute Gasteiger partial charge is 0.497 e. The maximum atomic E-state index is 11.5. The normalized spacial score (nSPS) is 25.4. The SMILES string of the molecule is COc1cccc(C2(CC(=O)O)CCCC2C(=O)O)c1. The standard InChI is InChI=1S/C15H18O5/c1-20-11-5-2-4-10(8-11)15(9-13(16)17)7-3-6-12(15)14(18)19/h2,4-5,8,12H,3,6-7,9H2,1H3,(H,16,17)(H,18,19). The Morgan fingerprint density at radius 3 is 2.75 bits per heavy atom. The quantitative estimate of drug-likeness (QED) is 0.863. The van der Waals surface area contributed by atoms with Crippen molar-refractivity contribution in [1.82, 2.24) is 0 Å². The minimum atomic E-state index is -0.971. The number of rotatable bonds is 5. The number of aliphatic carboxylic acids is 2. The maximum Gasteiger partial charge on any atom is 0.307 e. The molecule has 1 aliphatic carbocycles. The number of carboxylic acids is 2. The van der Waals surface area contributed by atoms with E-state index >= 15 is 0 Å². The van der Waals surface area contributed by atoms with Gasteiger partial charge in [-0.15, -0.1) is 0 Å². The van der Waals surface area contributed by atoms with Crippen LogP contribution in [0.1, 0.15) is 31.2 Å². The van der Waals surface area contributed by atoms with E-state index in [9.17, 15) is 19.8 Å². The van der Waals surface area contributed by atoms with Crippen molar-refractivity contribution in [2.45, 2.75) is 31.1 Å². The first kappa shape index (κ1) is 14.4. The number of carboxylic acid groups (broad SMARTS) is 2. The molecule has 2 unspecified atom stereocenters. The van der Waals surface area contributed by atoms with Crippen molar-refractivity contribution in [3.05, 3.63) is 29.8 Å². The molecule has 1 aromatic rings. The Morgan fingerprint density at radius 1 is 1.40 bits per heavy atom. The van der Waals surface area contributed by atoms with Crippen LogP contribution < -0.4 is 4.74 Å². The van der Waals surface area contributed by atoms with E-state index in [0.29, 0.717) is 18.6 Å². The van der Waals surface area contributed by atoms with Crippen molar-refractivity contribution in [1.29, 1.82) is 0 Å². The molecule has 5 nitrogen and oxygen atoms in total. The topological polar surface area (TPSA) is 83.8 Å². The van der Waals surface area contributed by atoms with Gasteiger partial charge in [-0.25, -0.2) is 0 Å². The minimum Gasteiger partial charge on any atom is -0.497 e. The third-order valence-corrected chi connectivity index (χ3v) is 4.19. The molecule has 108 valence electrons. The lowest BCUT2D eigenvalue weighted by Crippen LogP contribution is -2.37. The fraction of sp³-hybridized carbons (Fsp3) is 0.467. The average molecular weight is 278 g/mol. The molecule has 2 atom stereocenters. The Morgan fingerprint density at radius 2 is 2.15 bits per heavy atom. The molecule has 0 saturated heterocycles. The summed E-state index contributed by atoms with van der Waals surface area (Å²) >= 11 is 0. The number of methoxy groups -OCH3 is 1. The van der Waals surface area contributed by atoms with Gasteiger partial charge in [0.25, 0.3) is 0 Å². The molecule has 2 N–H and O–H groups in total.